The molecule has 0 aromatic heterocycles. The summed E-state index contributed by atoms with van der Waals surface area (Å²) in [6, 6.07) is 0. The van der Waals surface area contributed by atoms with E-state index in [1.807, 2.05) is 0 Å². The van der Waals surface area contributed by atoms with Gasteiger partial charge in [0.1, 0.15) is 0 Å². The highest BCUT2D eigenvalue weighted by atomic mass is 19.3. The molecule has 0 aromatic carbocycles. The van der Waals surface area contributed by atoms with Crippen LogP contribution in [0.1, 0.15) is 33.6 Å². The molecule has 2 heteroatoms. The highest BCUT2D eigenvalue weighted by molar-refractivity contribution is 4.86. The van der Waals surface area contributed by atoms with Crippen molar-refractivity contribution in [2.24, 2.45) is 17.8 Å². The number of hydrogen-bond donors (Lipinski definition) is 0. The van der Waals surface area contributed by atoms with E-state index in [0.29, 0.717) is 18.8 Å². The van der Waals surface area contributed by atoms with Crippen LogP contribution in [0.15, 0.2) is 0 Å². The first-order valence-corrected chi connectivity index (χ1v) is 4.32. The minimum atomic E-state index is -2.42. The zero-order chi connectivity index (χ0) is 8.65. The van der Waals surface area contributed by atoms with Crippen LogP contribution in [0.2, 0.25) is 0 Å². The van der Waals surface area contributed by atoms with Crippen LogP contribution in [0, 0.1) is 17.8 Å². The summed E-state index contributed by atoms with van der Waals surface area (Å²) in [5.74, 6) is -2.81. The summed E-state index contributed by atoms with van der Waals surface area (Å²) < 4.78 is 26.3. The van der Waals surface area contributed by atoms with Crippen molar-refractivity contribution in [3.05, 3.63) is 0 Å². The Kier molecular flexibility index (Phi) is 2.22. The van der Waals surface area contributed by atoms with Crippen LogP contribution in [0.25, 0.3) is 0 Å². The number of hydrogen-bond acceptors (Lipinski definition) is 0. The minimum absolute atomic E-state index is 0.429. The van der Waals surface area contributed by atoms with Gasteiger partial charge in [-0.1, -0.05) is 20.8 Å². The number of alkyl halides is 2. The van der Waals surface area contributed by atoms with Gasteiger partial charge in [-0.25, -0.2) is 8.78 Å². The quantitative estimate of drug-likeness (QED) is 0.512. The molecule has 1 saturated carbocycles. The second-order valence-corrected chi connectivity index (χ2v) is 4.05. The van der Waals surface area contributed by atoms with Crippen molar-refractivity contribution >= 4 is 0 Å². The fourth-order valence-electron chi connectivity index (χ4n) is 2.10. The SMILES string of the molecule is CC1CC(C)C(F)(F)C(C)C1. The van der Waals surface area contributed by atoms with Crippen molar-refractivity contribution in [3.8, 4) is 0 Å². The largest absolute Gasteiger partial charge is 0.253 e. The van der Waals surface area contributed by atoms with E-state index in [4.69, 9.17) is 0 Å². The fraction of sp³-hybridized carbons (Fsp3) is 1.00. The van der Waals surface area contributed by atoms with E-state index in [-0.39, 0.29) is 0 Å². The van der Waals surface area contributed by atoms with Crippen molar-refractivity contribution in [2.75, 3.05) is 0 Å². The molecule has 0 aromatic rings. The maximum absolute atomic E-state index is 13.2. The zero-order valence-corrected chi connectivity index (χ0v) is 7.40. The molecule has 0 amide bonds. The molecule has 1 fully saturated rings. The molecule has 2 unspecified atom stereocenters. The predicted octanol–water partition coefficient (Wildman–Crippen LogP) is 3.32. The second-order valence-electron chi connectivity index (χ2n) is 4.05. The topological polar surface area (TPSA) is 0 Å². The first-order valence-electron chi connectivity index (χ1n) is 4.32. The van der Waals surface area contributed by atoms with E-state index in [1.165, 1.54) is 0 Å². The maximum atomic E-state index is 13.2. The van der Waals surface area contributed by atoms with E-state index < -0.39 is 17.8 Å². The molecular formula is C9H16F2. The number of rotatable bonds is 0. The minimum Gasteiger partial charge on any atom is -0.206 e. The summed E-state index contributed by atoms with van der Waals surface area (Å²) in [5, 5.41) is 0. The van der Waals surface area contributed by atoms with Gasteiger partial charge < -0.3 is 0 Å². The van der Waals surface area contributed by atoms with Crippen LogP contribution in [0.4, 0.5) is 8.78 Å². The molecule has 0 heterocycles. The molecule has 0 bridgehead atoms. The normalized spacial score (nSPS) is 43.9. The van der Waals surface area contributed by atoms with Crippen LogP contribution in [-0.4, -0.2) is 5.92 Å². The van der Waals surface area contributed by atoms with Gasteiger partial charge in [0.2, 0.25) is 0 Å². The second kappa shape index (κ2) is 2.72. The third-order valence-corrected chi connectivity index (χ3v) is 2.83. The lowest BCUT2D eigenvalue weighted by atomic mass is 9.74. The molecule has 0 N–H and O–H groups in total. The molecule has 1 aliphatic rings. The molecule has 0 saturated heterocycles. The Morgan fingerprint density at radius 1 is 1.00 bits per heavy atom. The lowest BCUT2D eigenvalue weighted by molar-refractivity contribution is -0.130. The van der Waals surface area contributed by atoms with Gasteiger partial charge in [0.15, 0.2) is 0 Å². The molecule has 0 spiro atoms. The molecule has 1 rings (SSSR count). The Hall–Kier alpha value is -0.140. The van der Waals surface area contributed by atoms with Crippen molar-refractivity contribution in [1.29, 1.82) is 0 Å². The predicted molar refractivity (Wildman–Crippen MR) is 41.7 cm³/mol. The third-order valence-electron chi connectivity index (χ3n) is 2.83. The molecule has 0 aliphatic heterocycles. The Morgan fingerprint density at radius 3 is 1.73 bits per heavy atom. The molecule has 1 aliphatic carbocycles. The van der Waals surface area contributed by atoms with Crippen molar-refractivity contribution in [1.82, 2.24) is 0 Å². The Labute approximate surface area is 67.0 Å². The van der Waals surface area contributed by atoms with Gasteiger partial charge >= 0.3 is 0 Å². The van der Waals surface area contributed by atoms with Gasteiger partial charge in [-0.3, -0.25) is 0 Å². The van der Waals surface area contributed by atoms with Crippen molar-refractivity contribution in [2.45, 2.75) is 39.5 Å². The summed E-state index contributed by atoms with van der Waals surface area (Å²) in [7, 11) is 0. The number of halogens is 2. The zero-order valence-electron chi connectivity index (χ0n) is 7.40. The van der Waals surface area contributed by atoms with Gasteiger partial charge in [-0.15, -0.1) is 0 Å². The van der Waals surface area contributed by atoms with E-state index in [1.54, 1.807) is 13.8 Å². The maximum Gasteiger partial charge on any atom is 0.253 e. The first kappa shape index (κ1) is 8.95. The van der Waals surface area contributed by atoms with Crippen molar-refractivity contribution in [3.63, 3.8) is 0 Å². The van der Waals surface area contributed by atoms with E-state index in [0.717, 1.165) is 0 Å². The highest BCUT2D eigenvalue weighted by Gasteiger charge is 2.46. The van der Waals surface area contributed by atoms with Gasteiger partial charge in [0, 0.05) is 11.8 Å². The van der Waals surface area contributed by atoms with E-state index in [2.05, 4.69) is 6.92 Å². The Balaban J connectivity index is 2.67. The summed E-state index contributed by atoms with van der Waals surface area (Å²) in [6.07, 6.45) is 1.36. The Morgan fingerprint density at radius 2 is 1.36 bits per heavy atom. The van der Waals surface area contributed by atoms with Crippen LogP contribution in [0.3, 0.4) is 0 Å². The molecule has 0 radical (unpaired) electrons. The Bertz CT molecular complexity index is 128. The lowest BCUT2D eigenvalue weighted by Crippen LogP contribution is -2.39. The highest BCUT2D eigenvalue weighted by Crippen LogP contribution is 2.44. The van der Waals surface area contributed by atoms with E-state index >= 15 is 0 Å². The van der Waals surface area contributed by atoms with Crippen molar-refractivity contribution < 1.29 is 8.78 Å². The molecule has 2 atom stereocenters. The molecule has 0 nitrogen and oxygen atoms in total. The molecule has 66 valence electrons. The van der Waals surface area contributed by atoms with Gasteiger partial charge in [-0.2, -0.15) is 0 Å². The van der Waals surface area contributed by atoms with Crippen LogP contribution >= 0.6 is 0 Å². The van der Waals surface area contributed by atoms with Gasteiger partial charge in [0.05, 0.1) is 0 Å². The first-order chi connectivity index (χ1) is 4.94. The standard InChI is InChI=1S/C9H16F2/c1-6-4-7(2)9(10,11)8(3)5-6/h6-8H,4-5H2,1-3H3. The summed E-state index contributed by atoms with van der Waals surface area (Å²) in [6.45, 7) is 5.38. The van der Waals surface area contributed by atoms with Gasteiger partial charge in [0.25, 0.3) is 5.92 Å². The molecule has 11 heavy (non-hydrogen) atoms. The monoisotopic (exact) mass is 162 g/mol. The summed E-state index contributed by atoms with van der Waals surface area (Å²) >= 11 is 0. The smallest absolute Gasteiger partial charge is 0.206 e. The lowest BCUT2D eigenvalue weighted by Gasteiger charge is -2.37. The average molecular weight is 162 g/mol. The third kappa shape index (κ3) is 1.54. The van der Waals surface area contributed by atoms with E-state index in [9.17, 15) is 8.78 Å². The summed E-state index contributed by atoms with van der Waals surface area (Å²) in [4.78, 5) is 0. The fourth-order valence-corrected chi connectivity index (χ4v) is 2.10. The summed E-state index contributed by atoms with van der Waals surface area (Å²) in [5.41, 5.74) is 0. The average Bonchev–Trinajstić information content (AvgIpc) is 1.84. The van der Waals surface area contributed by atoms with Crippen LogP contribution in [0.5, 0.6) is 0 Å². The van der Waals surface area contributed by atoms with Gasteiger partial charge in [-0.05, 0) is 18.8 Å². The molecular weight excluding hydrogens is 146 g/mol. The van der Waals surface area contributed by atoms with Crippen LogP contribution < -0.4 is 0 Å². The van der Waals surface area contributed by atoms with Crippen LogP contribution in [-0.2, 0) is 0 Å².